The van der Waals surface area contributed by atoms with Gasteiger partial charge in [0.05, 0.1) is 0 Å². The summed E-state index contributed by atoms with van der Waals surface area (Å²) in [5, 5.41) is 8.88. The number of nitrogens with one attached hydrogen (secondary N) is 3. The van der Waals surface area contributed by atoms with E-state index in [1.807, 2.05) is 13.8 Å². The summed E-state index contributed by atoms with van der Waals surface area (Å²) in [5.41, 5.74) is 0. The maximum Gasteiger partial charge on any atom is 0.221 e. The van der Waals surface area contributed by atoms with Gasteiger partial charge in [0.1, 0.15) is 0 Å². The molecule has 0 radical (unpaired) electrons. The van der Waals surface area contributed by atoms with Crippen LogP contribution in [0, 0.1) is 0 Å². The van der Waals surface area contributed by atoms with E-state index in [0.717, 1.165) is 13.0 Å². The van der Waals surface area contributed by atoms with E-state index in [2.05, 4.69) is 16.0 Å². The van der Waals surface area contributed by atoms with Crippen LogP contribution >= 0.6 is 0 Å². The standard InChI is InChI=1S/C11H21N3O2/c1-8(2)13-11(16)5-6-12-7-9-3-4-10(15)14-9/h8-9,12H,3-7H2,1-2H3,(H,13,16)(H,14,15). The van der Waals surface area contributed by atoms with Crippen molar-refractivity contribution in [1.82, 2.24) is 16.0 Å². The Morgan fingerprint density at radius 2 is 2.31 bits per heavy atom. The van der Waals surface area contributed by atoms with Crippen molar-refractivity contribution in [1.29, 1.82) is 0 Å². The molecule has 1 aliphatic rings. The second kappa shape index (κ2) is 6.48. The molecule has 0 saturated carbocycles. The molecule has 5 nitrogen and oxygen atoms in total. The van der Waals surface area contributed by atoms with Crippen molar-refractivity contribution in [3.8, 4) is 0 Å². The fourth-order valence-electron chi connectivity index (χ4n) is 1.70. The van der Waals surface area contributed by atoms with Crippen LogP contribution in [0.5, 0.6) is 0 Å². The van der Waals surface area contributed by atoms with Gasteiger partial charge in [0.2, 0.25) is 11.8 Å². The second-order valence-corrected chi connectivity index (χ2v) is 4.48. The Labute approximate surface area is 96.4 Å². The first kappa shape index (κ1) is 13.0. The summed E-state index contributed by atoms with van der Waals surface area (Å²) in [6.45, 7) is 5.30. The zero-order chi connectivity index (χ0) is 12.0. The van der Waals surface area contributed by atoms with Gasteiger partial charge in [-0.2, -0.15) is 0 Å². The zero-order valence-corrected chi connectivity index (χ0v) is 10.0. The number of carbonyl (C=O) groups is 2. The molecule has 1 heterocycles. The third kappa shape index (κ3) is 5.11. The molecule has 16 heavy (non-hydrogen) atoms. The molecule has 0 aliphatic carbocycles. The molecule has 0 aromatic rings. The normalized spacial score (nSPS) is 19.9. The molecular formula is C11H21N3O2. The number of hydrogen-bond donors (Lipinski definition) is 3. The monoisotopic (exact) mass is 227 g/mol. The summed E-state index contributed by atoms with van der Waals surface area (Å²) in [4.78, 5) is 22.2. The molecule has 1 aliphatic heterocycles. The molecule has 1 atom stereocenters. The SMILES string of the molecule is CC(C)NC(=O)CCNCC1CCC(=O)N1. The molecule has 0 spiro atoms. The Morgan fingerprint density at radius 3 is 2.88 bits per heavy atom. The quantitative estimate of drug-likeness (QED) is 0.549. The molecule has 1 fully saturated rings. The van der Waals surface area contributed by atoms with Crippen LogP contribution in [0.4, 0.5) is 0 Å². The fourth-order valence-corrected chi connectivity index (χ4v) is 1.70. The minimum absolute atomic E-state index is 0.0676. The highest BCUT2D eigenvalue weighted by atomic mass is 16.2. The van der Waals surface area contributed by atoms with E-state index < -0.39 is 0 Å². The van der Waals surface area contributed by atoms with E-state index >= 15 is 0 Å². The molecule has 1 unspecified atom stereocenters. The Balaban J connectivity index is 1.99. The molecule has 92 valence electrons. The van der Waals surface area contributed by atoms with Crippen LogP contribution in [-0.4, -0.2) is 37.0 Å². The maximum absolute atomic E-state index is 11.3. The highest BCUT2D eigenvalue weighted by Gasteiger charge is 2.19. The smallest absolute Gasteiger partial charge is 0.221 e. The Hall–Kier alpha value is -1.10. The van der Waals surface area contributed by atoms with E-state index in [4.69, 9.17) is 0 Å². The lowest BCUT2D eigenvalue weighted by atomic mass is 10.2. The predicted octanol–water partition coefficient (Wildman–Crippen LogP) is -0.231. The van der Waals surface area contributed by atoms with Crippen molar-refractivity contribution in [3.63, 3.8) is 0 Å². The molecule has 5 heteroatoms. The first-order valence-electron chi connectivity index (χ1n) is 5.87. The van der Waals surface area contributed by atoms with Crippen LogP contribution in [0.15, 0.2) is 0 Å². The lowest BCUT2D eigenvalue weighted by molar-refractivity contribution is -0.121. The summed E-state index contributed by atoms with van der Waals surface area (Å²) in [5.74, 6) is 0.197. The minimum Gasteiger partial charge on any atom is -0.354 e. The van der Waals surface area contributed by atoms with Gasteiger partial charge in [-0.05, 0) is 20.3 Å². The topological polar surface area (TPSA) is 70.2 Å². The summed E-state index contributed by atoms with van der Waals surface area (Å²) in [6.07, 6.45) is 2.00. The van der Waals surface area contributed by atoms with Gasteiger partial charge in [-0.15, -0.1) is 0 Å². The molecular weight excluding hydrogens is 206 g/mol. The number of rotatable bonds is 6. The van der Waals surface area contributed by atoms with Crippen LogP contribution in [0.25, 0.3) is 0 Å². The van der Waals surface area contributed by atoms with Gasteiger partial charge in [-0.1, -0.05) is 0 Å². The molecule has 2 amide bonds. The van der Waals surface area contributed by atoms with E-state index in [9.17, 15) is 9.59 Å². The molecule has 0 bridgehead atoms. The van der Waals surface area contributed by atoms with E-state index in [-0.39, 0.29) is 23.9 Å². The van der Waals surface area contributed by atoms with Crippen LogP contribution in [0.1, 0.15) is 33.1 Å². The van der Waals surface area contributed by atoms with Gasteiger partial charge in [0.15, 0.2) is 0 Å². The van der Waals surface area contributed by atoms with Crippen molar-refractivity contribution in [2.24, 2.45) is 0 Å². The lowest BCUT2D eigenvalue weighted by Crippen LogP contribution is -2.38. The van der Waals surface area contributed by atoms with Gasteiger partial charge in [-0.25, -0.2) is 0 Å². The zero-order valence-electron chi connectivity index (χ0n) is 10.0. The van der Waals surface area contributed by atoms with Gasteiger partial charge < -0.3 is 16.0 Å². The van der Waals surface area contributed by atoms with E-state index in [0.29, 0.717) is 19.4 Å². The molecule has 1 saturated heterocycles. The number of hydrogen-bond acceptors (Lipinski definition) is 3. The Morgan fingerprint density at radius 1 is 1.56 bits per heavy atom. The highest BCUT2D eigenvalue weighted by Crippen LogP contribution is 2.04. The Bertz CT molecular complexity index is 254. The highest BCUT2D eigenvalue weighted by molar-refractivity contribution is 5.78. The van der Waals surface area contributed by atoms with E-state index in [1.165, 1.54) is 0 Å². The number of carbonyl (C=O) groups excluding carboxylic acids is 2. The summed E-state index contributed by atoms with van der Waals surface area (Å²) < 4.78 is 0. The van der Waals surface area contributed by atoms with Crippen LogP contribution < -0.4 is 16.0 Å². The summed E-state index contributed by atoms with van der Waals surface area (Å²) >= 11 is 0. The second-order valence-electron chi connectivity index (χ2n) is 4.48. The minimum atomic E-state index is 0.0676. The lowest BCUT2D eigenvalue weighted by Gasteiger charge is -2.12. The largest absolute Gasteiger partial charge is 0.354 e. The van der Waals surface area contributed by atoms with Gasteiger partial charge in [0.25, 0.3) is 0 Å². The first-order valence-corrected chi connectivity index (χ1v) is 5.87. The fraction of sp³-hybridized carbons (Fsp3) is 0.818. The molecule has 0 aromatic heterocycles. The molecule has 1 rings (SSSR count). The van der Waals surface area contributed by atoms with Crippen LogP contribution in [0.3, 0.4) is 0 Å². The summed E-state index contributed by atoms with van der Waals surface area (Å²) in [6, 6.07) is 0.433. The Kier molecular flexibility index (Phi) is 5.25. The first-order chi connectivity index (χ1) is 7.58. The van der Waals surface area contributed by atoms with Gasteiger partial charge in [-0.3, -0.25) is 9.59 Å². The maximum atomic E-state index is 11.3. The van der Waals surface area contributed by atoms with Gasteiger partial charge in [0, 0.05) is 38.0 Å². The average Bonchev–Trinajstić information content (AvgIpc) is 2.58. The van der Waals surface area contributed by atoms with Crippen molar-refractivity contribution >= 4 is 11.8 Å². The van der Waals surface area contributed by atoms with Crippen LogP contribution in [-0.2, 0) is 9.59 Å². The van der Waals surface area contributed by atoms with Crippen molar-refractivity contribution in [2.45, 2.75) is 45.2 Å². The summed E-state index contributed by atoms with van der Waals surface area (Å²) in [7, 11) is 0. The molecule has 0 aromatic carbocycles. The number of amides is 2. The van der Waals surface area contributed by atoms with Crippen molar-refractivity contribution < 1.29 is 9.59 Å². The van der Waals surface area contributed by atoms with Crippen molar-refractivity contribution in [3.05, 3.63) is 0 Å². The van der Waals surface area contributed by atoms with Crippen molar-refractivity contribution in [2.75, 3.05) is 13.1 Å². The third-order valence-corrected chi connectivity index (χ3v) is 2.45. The van der Waals surface area contributed by atoms with Crippen LogP contribution in [0.2, 0.25) is 0 Å². The third-order valence-electron chi connectivity index (χ3n) is 2.45. The molecule has 3 N–H and O–H groups in total. The van der Waals surface area contributed by atoms with Gasteiger partial charge >= 0.3 is 0 Å². The predicted molar refractivity (Wildman–Crippen MR) is 61.9 cm³/mol. The average molecular weight is 227 g/mol. The van der Waals surface area contributed by atoms with E-state index in [1.54, 1.807) is 0 Å².